The Hall–Kier alpha value is -2.43. The molecule has 10 heteroatoms. The van der Waals surface area contributed by atoms with Crippen molar-refractivity contribution < 1.29 is 18.0 Å². The summed E-state index contributed by atoms with van der Waals surface area (Å²) in [5.41, 5.74) is 0.167. The molecule has 2 aromatic rings. The lowest BCUT2D eigenvalue weighted by atomic mass is 9.96. The van der Waals surface area contributed by atoms with Gasteiger partial charge in [-0.1, -0.05) is 23.9 Å². The molecule has 1 aromatic heterocycles. The summed E-state index contributed by atoms with van der Waals surface area (Å²) < 4.78 is 25.5. The zero-order valence-corrected chi connectivity index (χ0v) is 19.0. The molecule has 0 bridgehead atoms. The van der Waals surface area contributed by atoms with Crippen LogP contribution in [0.25, 0.3) is 0 Å². The van der Waals surface area contributed by atoms with Crippen molar-refractivity contribution in [3.63, 3.8) is 0 Å². The summed E-state index contributed by atoms with van der Waals surface area (Å²) in [4.78, 5) is 31.7. The largest absolute Gasteiger partial charge is 0.322 e. The van der Waals surface area contributed by atoms with E-state index in [4.69, 9.17) is 0 Å². The van der Waals surface area contributed by atoms with Crippen LogP contribution in [-0.2, 0) is 19.6 Å². The zero-order chi connectivity index (χ0) is 22.3. The molecule has 0 aliphatic carbocycles. The first-order valence-corrected chi connectivity index (χ1v) is 11.6. The molecule has 8 nitrogen and oxygen atoms in total. The number of para-hydroxylation sites is 2. The molecule has 2 heterocycles. The van der Waals surface area contributed by atoms with Gasteiger partial charge in [0.2, 0.25) is 21.8 Å². The Labute approximate surface area is 180 Å². The van der Waals surface area contributed by atoms with E-state index in [0.29, 0.717) is 16.4 Å². The molecule has 0 radical (unpaired) electrons. The molecule has 1 aromatic carbocycles. The van der Waals surface area contributed by atoms with E-state index >= 15 is 0 Å². The second-order valence-electron chi connectivity index (χ2n) is 7.58. The highest BCUT2D eigenvalue weighted by atomic mass is 32.2. The average Bonchev–Trinajstić information content (AvgIpc) is 2.68. The van der Waals surface area contributed by atoms with E-state index in [1.54, 1.807) is 45.0 Å². The van der Waals surface area contributed by atoms with Gasteiger partial charge in [-0.3, -0.25) is 14.5 Å². The maximum absolute atomic E-state index is 13.3. The quantitative estimate of drug-likeness (QED) is 0.706. The summed E-state index contributed by atoms with van der Waals surface area (Å²) in [6, 6.07) is 10.2. The minimum atomic E-state index is -3.57. The average molecular weight is 449 g/mol. The minimum absolute atomic E-state index is 0.0820. The summed E-state index contributed by atoms with van der Waals surface area (Å²) in [5.74, 6) is -0.498. The Morgan fingerprint density at radius 2 is 1.87 bits per heavy atom. The SMILES string of the molecule is CC(Sc1ccc(S(=O)(=O)N(C)C)cn1)C(=O)N1c2ccccc2NC(=O)C1(C)C. The van der Waals surface area contributed by atoms with Crippen molar-refractivity contribution in [3.8, 4) is 0 Å². The van der Waals surface area contributed by atoms with Crippen molar-refractivity contribution in [3.05, 3.63) is 42.6 Å². The number of hydrogen-bond acceptors (Lipinski definition) is 6. The molecule has 30 heavy (non-hydrogen) atoms. The van der Waals surface area contributed by atoms with E-state index in [1.165, 1.54) is 43.0 Å². The van der Waals surface area contributed by atoms with Gasteiger partial charge in [-0.25, -0.2) is 17.7 Å². The first-order valence-electron chi connectivity index (χ1n) is 9.26. The van der Waals surface area contributed by atoms with Gasteiger partial charge in [0.1, 0.15) is 10.4 Å². The minimum Gasteiger partial charge on any atom is -0.322 e. The molecule has 160 valence electrons. The van der Waals surface area contributed by atoms with Crippen LogP contribution in [0.4, 0.5) is 11.4 Å². The molecule has 1 unspecified atom stereocenters. The number of amides is 2. The van der Waals surface area contributed by atoms with Crippen molar-refractivity contribution in [2.24, 2.45) is 0 Å². The predicted octanol–water partition coefficient (Wildman–Crippen LogP) is 2.58. The summed E-state index contributed by atoms with van der Waals surface area (Å²) >= 11 is 1.21. The smallest absolute Gasteiger partial charge is 0.250 e. The van der Waals surface area contributed by atoms with E-state index in [2.05, 4.69) is 10.3 Å². The number of benzene rings is 1. The van der Waals surface area contributed by atoms with E-state index in [0.717, 1.165) is 4.31 Å². The maximum Gasteiger partial charge on any atom is 0.250 e. The fourth-order valence-electron chi connectivity index (χ4n) is 3.06. The second kappa shape index (κ2) is 8.01. The topological polar surface area (TPSA) is 99.7 Å². The first-order chi connectivity index (χ1) is 14.0. The molecule has 1 aliphatic rings. The molecule has 1 aliphatic heterocycles. The van der Waals surface area contributed by atoms with E-state index in [-0.39, 0.29) is 16.7 Å². The number of carbonyl (C=O) groups excluding carboxylic acids is 2. The third kappa shape index (κ3) is 3.94. The number of nitrogens with one attached hydrogen (secondary N) is 1. The van der Waals surface area contributed by atoms with Gasteiger partial charge in [-0.15, -0.1) is 0 Å². The number of anilines is 2. The van der Waals surface area contributed by atoms with Crippen LogP contribution in [0, 0.1) is 0 Å². The molecule has 3 rings (SSSR count). The van der Waals surface area contributed by atoms with Gasteiger partial charge in [0.25, 0.3) is 0 Å². The number of nitrogens with zero attached hydrogens (tertiary/aromatic N) is 3. The molecule has 0 fully saturated rings. The van der Waals surface area contributed by atoms with Gasteiger partial charge in [-0.05, 0) is 45.0 Å². The molecular formula is C20H24N4O4S2. The number of hydrogen-bond donors (Lipinski definition) is 1. The lowest BCUT2D eigenvalue weighted by Crippen LogP contribution is -2.60. The number of pyridine rings is 1. The fourth-order valence-corrected chi connectivity index (χ4v) is 4.74. The number of thioether (sulfide) groups is 1. The molecule has 0 saturated carbocycles. The lowest BCUT2D eigenvalue weighted by Gasteiger charge is -2.43. The van der Waals surface area contributed by atoms with Crippen LogP contribution in [0.5, 0.6) is 0 Å². The fraction of sp³-hybridized carbons (Fsp3) is 0.350. The normalized spacial score (nSPS) is 16.7. The monoisotopic (exact) mass is 448 g/mol. The van der Waals surface area contributed by atoms with Crippen LogP contribution in [0.1, 0.15) is 20.8 Å². The van der Waals surface area contributed by atoms with Crippen LogP contribution in [0.2, 0.25) is 0 Å². The summed E-state index contributed by atoms with van der Waals surface area (Å²) in [6.45, 7) is 5.14. The van der Waals surface area contributed by atoms with E-state index in [1.807, 2.05) is 6.07 Å². The number of aromatic nitrogens is 1. The third-order valence-corrected chi connectivity index (χ3v) is 7.70. The highest BCUT2D eigenvalue weighted by Crippen LogP contribution is 2.38. The Kier molecular flexibility index (Phi) is 5.94. The number of rotatable bonds is 5. The lowest BCUT2D eigenvalue weighted by molar-refractivity contribution is -0.126. The van der Waals surface area contributed by atoms with Crippen molar-refractivity contribution in [2.45, 2.75) is 41.5 Å². The van der Waals surface area contributed by atoms with Gasteiger partial charge in [0.05, 0.1) is 21.7 Å². The van der Waals surface area contributed by atoms with Crippen molar-refractivity contribution in [1.29, 1.82) is 0 Å². The van der Waals surface area contributed by atoms with Crippen LogP contribution >= 0.6 is 11.8 Å². The van der Waals surface area contributed by atoms with Crippen molar-refractivity contribution in [2.75, 3.05) is 24.3 Å². The molecule has 0 saturated heterocycles. The number of sulfonamides is 1. The van der Waals surface area contributed by atoms with Gasteiger partial charge in [0, 0.05) is 20.3 Å². The Morgan fingerprint density at radius 3 is 2.47 bits per heavy atom. The van der Waals surface area contributed by atoms with E-state index in [9.17, 15) is 18.0 Å². The molecule has 2 amide bonds. The summed E-state index contributed by atoms with van der Waals surface area (Å²) in [7, 11) is -0.666. The van der Waals surface area contributed by atoms with Gasteiger partial charge in [0.15, 0.2) is 0 Å². The van der Waals surface area contributed by atoms with E-state index < -0.39 is 20.8 Å². The molecule has 0 spiro atoms. The summed E-state index contributed by atoms with van der Waals surface area (Å²) in [6.07, 6.45) is 1.28. The van der Waals surface area contributed by atoms with Crippen LogP contribution in [-0.4, -0.2) is 54.4 Å². The Bertz CT molecular complexity index is 1080. The Morgan fingerprint density at radius 1 is 1.20 bits per heavy atom. The third-order valence-electron chi connectivity index (χ3n) is 4.86. The molecule has 1 N–H and O–H groups in total. The van der Waals surface area contributed by atoms with Crippen molar-refractivity contribution in [1.82, 2.24) is 9.29 Å². The first kappa shape index (κ1) is 22.3. The van der Waals surface area contributed by atoms with Gasteiger partial charge < -0.3 is 5.32 Å². The number of carbonyl (C=O) groups is 2. The highest BCUT2D eigenvalue weighted by molar-refractivity contribution is 8.00. The molecule has 1 atom stereocenters. The standard InChI is InChI=1S/C20H24N4O4S2/c1-13(29-17-11-10-14(12-21-17)30(27,28)23(4)5)18(25)24-16-9-7-6-8-15(16)22-19(26)20(24,2)3/h6-13H,1-5H3,(H,22,26). The van der Waals surface area contributed by atoms with Crippen molar-refractivity contribution >= 4 is 45.0 Å². The van der Waals surface area contributed by atoms with Crippen LogP contribution in [0.3, 0.4) is 0 Å². The Balaban J connectivity index is 1.85. The van der Waals surface area contributed by atoms with Gasteiger partial charge in [-0.2, -0.15) is 0 Å². The predicted molar refractivity (Wildman–Crippen MR) is 117 cm³/mol. The highest BCUT2D eigenvalue weighted by Gasteiger charge is 2.44. The maximum atomic E-state index is 13.3. The number of fused-ring (bicyclic) bond motifs is 1. The molecular weight excluding hydrogens is 424 g/mol. The summed E-state index contributed by atoms with van der Waals surface area (Å²) in [5, 5.41) is 2.81. The van der Waals surface area contributed by atoms with Crippen LogP contribution in [0.15, 0.2) is 52.5 Å². The van der Waals surface area contributed by atoms with Gasteiger partial charge >= 0.3 is 0 Å². The second-order valence-corrected chi connectivity index (χ2v) is 11.1. The zero-order valence-electron chi connectivity index (χ0n) is 17.4. The van der Waals surface area contributed by atoms with Crippen LogP contribution < -0.4 is 10.2 Å².